The lowest BCUT2D eigenvalue weighted by atomic mass is 9.95. The molecular formula is C20H21Cl3N4O2S2. The predicted octanol–water partition coefficient (Wildman–Crippen LogP) is 4.45. The first-order chi connectivity index (χ1) is 14.6. The maximum atomic E-state index is 12.7. The number of nitrogens with one attached hydrogen (secondary N) is 3. The quantitative estimate of drug-likeness (QED) is 0.266. The average Bonchev–Trinajstić information content (AvgIpc) is 3.04. The summed E-state index contributed by atoms with van der Waals surface area (Å²) in [7, 11) is 0. The number of aryl methyl sites for hydroxylation is 2. The molecule has 0 saturated heterocycles. The zero-order valence-corrected chi connectivity index (χ0v) is 20.5. The number of fused-ring (bicyclic) bond motifs is 1. The predicted molar refractivity (Wildman–Crippen MR) is 132 cm³/mol. The van der Waals surface area contributed by atoms with Crippen molar-refractivity contribution in [3.05, 3.63) is 51.4 Å². The third-order valence-corrected chi connectivity index (χ3v) is 6.99. The van der Waals surface area contributed by atoms with Gasteiger partial charge in [-0.15, -0.1) is 11.3 Å². The lowest BCUT2D eigenvalue weighted by Gasteiger charge is -2.28. The molecule has 31 heavy (non-hydrogen) atoms. The number of halogens is 3. The van der Waals surface area contributed by atoms with Crippen LogP contribution in [0.3, 0.4) is 0 Å². The summed E-state index contributed by atoms with van der Waals surface area (Å²) in [6.45, 7) is 1.81. The molecule has 11 heteroatoms. The highest BCUT2D eigenvalue weighted by molar-refractivity contribution is 7.80. The standard InChI is InChI=1S/C20H21Cl3N4O2S2/c1-10-6-2-3-7-11(10)16(29)25-18(20(21,22)23)27-19(30)26-17-14(15(24)28)12-8-4-5-9-13(12)31-17/h2-3,6-7,18H,4-5,8-9H2,1H3,(H2,24,28)(H,25,29)(H2,26,27,30)/t18-/m1/s1. The molecule has 2 amide bonds. The first-order valence-electron chi connectivity index (χ1n) is 9.53. The number of thiophene rings is 1. The van der Waals surface area contributed by atoms with Crippen LogP contribution >= 0.6 is 58.4 Å². The summed E-state index contributed by atoms with van der Waals surface area (Å²) < 4.78 is -1.90. The fourth-order valence-corrected chi connectivity index (χ4v) is 5.33. The van der Waals surface area contributed by atoms with Gasteiger partial charge in [0.15, 0.2) is 5.11 Å². The molecule has 1 aromatic carbocycles. The molecule has 1 aliphatic rings. The van der Waals surface area contributed by atoms with Crippen molar-refractivity contribution in [1.82, 2.24) is 10.6 Å². The van der Waals surface area contributed by atoms with Gasteiger partial charge in [0.2, 0.25) is 3.79 Å². The van der Waals surface area contributed by atoms with Crippen molar-refractivity contribution < 1.29 is 9.59 Å². The van der Waals surface area contributed by atoms with Gasteiger partial charge in [-0.3, -0.25) is 9.59 Å². The van der Waals surface area contributed by atoms with E-state index < -0.39 is 21.8 Å². The first kappa shape index (κ1) is 24.1. The lowest BCUT2D eigenvalue weighted by Crippen LogP contribution is -2.56. The Morgan fingerprint density at radius 3 is 2.48 bits per heavy atom. The molecule has 1 heterocycles. The highest BCUT2D eigenvalue weighted by Gasteiger charge is 2.35. The average molecular weight is 520 g/mol. The maximum absolute atomic E-state index is 12.7. The van der Waals surface area contributed by atoms with Crippen LogP contribution in [0.1, 0.15) is 49.6 Å². The molecule has 5 N–H and O–H groups in total. The molecular weight excluding hydrogens is 499 g/mol. The Balaban J connectivity index is 1.76. The van der Waals surface area contributed by atoms with Crippen LogP contribution in [0.5, 0.6) is 0 Å². The van der Waals surface area contributed by atoms with Gasteiger partial charge in [-0.1, -0.05) is 53.0 Å². The highest BCUT2D eigenvalue weighted by Crippen LogP contribution is 2.38. The third-order valence-electron chi connectivity index (χ3n) is 4.91. The molecule has 2 aromatic rings. The van der Waals surface area contributed by atoms with Crippen molar-refractivity contribution in [2.45, 2.75) is 42.6 Å². The Morgan fingerprint density at radius 1 is 1.16 bits per heavy atom. The SMILES string of the molecule is Cc1ccccc1C(=O)N[C@H](NC(=S)Nc1sc2c(c1C(N)=O)CCCC2)C(Cl)(Cl)Cl. The van der Waals surface area contributed by atoms with E-state index >= 15 is 0 Å². The zero-order valence-electron chi connectivity index (χ0n) is 16.6. The van der Waals surface area contributed by atoms with Crippen LogP contribution in [0, 0.1) is 6.92 Å². The molecule has 0 radical (unpaired) electrons. The van der Waals surface area contributed by atoms with E-state index in [-0.39, 0.29) is 5.11 Å². The van der Waals surface area contributed by atoms with Crippen molar-refractivity contribution in [2.75, 3.05) is 5.32 Å². The number of alkyl halides is 3. The molecule has 6 nitrogen and oxygen atoms in total. The summed E-state index contributed by atoms with van der Waals surface area (Å²) in [6.07, 6.45) is 2.64. The van der Waals surface area contributed by atoms with Crippen LogP contribution in [0.4, 0.5) is 5.00 Å². The second-order valence-electron chi connectivity index (χ2n) is 7.14. The van der Waals surface area contributed by atoms with Crippen molar-refractivity contribution in [3.63, 3.8) is 0 Å². The molecule has 0 unspecified atom stereocenters. The van der Waals surface area contributed by atoms with E-state index in [0.29, 0.717) is 16.1 Å². The molecule has 0 spiro atoms. The first-order valence-corrected chi connectivity index (χ1v) is 11.9. The Kier molecular flexibility index (Phi) is 7.70. The largest absolute Gasteiger partial charge is 0.365 e. The number of amides is 2. The van der Waals surface area contributed by atoms with Gasteiger partial charge in [0.1, 0.15) is 11.2 Å². The number of thiocarbonyl (C=S) groups is 1. The summed E-state index contributed by atoms with van der Waals surface area (Å²) >= 11 is 25.0. The second-order valence-corrected chi connectivity index (χ2v) is 11.0. The van der Waals surface area contributed by atoms with Crippen molar-refractivity contribution in [2.24, 2.45) is 5.73 Å². The van der Waals surface area contributed by atoms with Crippen LogP contribution in [0.2, 0.25) is 0 Å². The molecule has 3 rings (SSSR count). The number of rotatable bonds is 5. The zero-order chi connectivity index (χ0) is 22.8. The molecule has 0 fully saturated rings. The molecule has 1 aliphatic carbocycles. The van der Waals surface area contributed by atoms with Crippen LogP contribution in [0.15, 0.2) is 24.3 Å². The second kappa shape index (κ2) is 9.92. The van der Waals surface area contributed by atoms with E-state index in [2.05, 4.69) is 16.0 Å². The van der Waals surface area contributed by atoms with Crippen molar-refractivity contribution >= 4 is 80.3 Å². The van der Waals surface area contributed by atoms with E-state index in [4.69, 9.17) is 52.8 Å². The number of carbonyl (C=O) groups is 2. The van der Waals surface area contributed by atoms with Crippen LogP contribution < -0.4 is 21.7 Å². The fraction of sp³-hybridized carbons (Fsp3) is 0.350. The van der Waals surface area contributed by atoms with E-state index in [1.165, 1.54) is 11.3 Å². The number of anilines is 1. The smallest absolute Gasteiger partial charge is 0.253 e. The van der Waals surface area contributed by atoms with Gasteiger partial charge in [0.05, 0.1) is 5.56 Å². The maximum Gasteiger partial charge on any atom is 0.253 e. The van der Waals surface area contributed by atoms with Gasteiger partial charge in [-0.2, -0.15) is 0 Å². The van der Waals surface area contributed by atoms with Gasteiger partial charge < -0.3 is 21.7 Å². The summed E-state index contributed by atoms with van der Waals surface area (Å²) in [4.78, 5) is 25.9. The summed E-state index contributed by atoms with van der Waals surface area (Å²) in [5, 5.41) is 9.09. The van der Waals surface area contributed by atoms with E-state index in [1.807, 2.05) is 19.1 Å². The summed E-state index contributed by atoms with van der Waals surface area (Å²) in [5.41, 5.74) is 8.26. The molecule has 0 saturated carbocycles. The van der Waals surface area contributed by atoms with Crippen LogP contribution in [-0.4, -0.2) is 26.9 Å². The minimum absolute atomic E-state index is 0.0857. The minimum Gasteiger partial charge on any atom is -0.365 e. The molecule has 0 aliphatic heterocycles. The normalized spacial score (nSPS) is 14.3. The molecule has 0 bridgehead atoms. The monoisotopic (exact) mass is 518 g/mol. The Labute approximate surface area is 204 Å². The Bertz CT molecular complexity index is 1020. The van der Waals surface area contributed by atoms with Crippen molar-refractivity contribution in [1.29, 1.82) is 0 Å². The van der Waals surface area contributed by atoms with Crippen LogP contribution in [0.25, 0.3) is 0 Å². The topological polar surface area (TPSA) is 96.2 Å². The fourth-order valence-electron chi connectivity index (χ4n) is 3.42. The van der Waals surface area contributed by atoms with Gasteiger partial charge in [-0.25, -0.2) is 0 Å². The van der Waals surface area contributed by atoms with E-state index in [1.54, 1.807) is 12.1 Å². The van der Waals surface area contributed by atoms with Crippen LogP contribution in [-0.2, 0) is 12.8 Å². The number of carbonyl (C=O) groups excluding carboxylic acids is 2. The molecule has 166 valence electrons. The Hall–Kier alpha value is -1.58. The van der Waals surface area contributed by atoms with Gasteiger partial charge in [0.25, 0.3) is 11.8 Å². The lowest BCUT2D eigenvalue weighted by molar-refractivity contribution is 0.0933. The van der Waals surface area contributed by atoms with Gasteiger partial charge in [-0.05, 0) is 62.0 Å². The van der Waals surface area contributed by atoms with Gasteiger partial charge >= 0.3 is 0 Å². The third kappa shape index (κ3) is 5.81. The van der Waals surface area contributed by atoms with Gasteiger partial charge in [0, 0.05) is 10.4 Å². The van der Waals surface area contributed by atoms with Crippen molar-refractivity contribution in [3.8, 4) is 0 Å². The Morgan fingerprint density at radius 2 is 1.84 bits per heavy atom. The number of benzene rings is 1. The van der Waals surface area contributed by atoms with E-state index in [0.717, 1.165) is 41.7 Å². The number of nitrogens with two attached hydrogens (primary N) is 1. The highest BCUT2D eigenvalue weighted by atomic mass is 35.6. The molecule has 1 atom stereocenters. The van der Waals surface area contributed by atoms with E-state index in [9.17, 15) is 9.59 Å². The minimum atomic E-state index is -1.90. The molecule has 1 aromatic heterocycles. The summed E-state index contributed by atoms with van der Waals surface area (Å²) in [6, 6.07) is 7.05. The number of hydrogen-bond donors (Lipinski definition) is 4. The summed E-state index contributed by atoms with van der Waals surface area (Å²) in [5.74, 6) is -0.940. The number of primary amides is 1. The number of hydrogen-bond acceptors (Lipinski definition) is 4.